The van der Waals surface area contributed by atoms with Crippen LogP contribution in [0.2, 0.25) is 0 Å². The Labute approximate surface area is 84.3 Å². The first-order valence-electron chi connectivity index (χ1n) is 4.57. The second-order valence-electron chi connectivity index (χ2n) is 3.21. The number of aliphatic hydroxyl groups is 1. The van der Waals surface area contributed by atoms with Crippen molar-refractivity contribution >= 4 is 17.7 Å². The highest BCUT2D eigenvalue weighted by atomic mass is 32.2. The molecule has 0 fully saturated rings. The molecule has 1 unspecified atom stereocenters. The summed E-state index contributed by atoms with van der Waals surface area (Å²) in [5, 5.41) is 11.6. The summed E-state index contributed by atoms with van der Waals surface area (Å²) < 4.78 is 0. The number of nitrogens with one attached hydrogen (secondary N) is 1. The largest absolute Gasteiger partial charge is 0.396 e. The van der Waals surface area contributed by atoms with Crippen molar-refractivity contribution in [2.75, 3.05) is 25.2 Å². The smallest absolute Gasteiger partial charge is 0.229 e. The van der Waals surface area contributed by atoms with Crippen molar-refractivity contribution in [2.45, 2.75) is 19.8 Å². The summed E-state index contributed by atoms with van der Waals surface area (Å²) in [5.74, 6) is 0.983. The number of carbonyl (C=O) groups excluding carboxylic acids is 1. The minimum absolute atomic E-state index is 0.101. The number of aliphatic hydroxyl groups excluding tert-OH is 1. The molecule has 0 rings (SSSR count). The Morgan fingerprint density at radius 3 is 2.85 bits per heavy atom. The lowest BCUT2D eigenvalue weighted by Crippen LogP contribution is -2.26. The number of hydrogen-bond donors (Lipinski definition) is 2. The molecule has 0 aromatic heterocycles. The van der Waals surface area contributed by atoms with Gasteiger partial charge in [0.25, 0.3) is 0 Å². The monoisotopic (exact) mass is 205 g/mol. The van der Waals surface area contributed by atoms with Gasteiger partial charge in [0.05, 0.1) is 5.75 Å². The van der Waals surface area contributed by atoms with Crippen LogP contribution in [0.3, 0.4) is 0 Å². The van der Waals surface area contributed by atoms with Gasteiger partial charge in [-0.3, -0.25) is 4.79 Å². The van der Waals surface area contributed by atoms with Gasteiger partial charge < -0.3 is 10.4 Å². The zero-order valence-electron chi connectivity index (χ0n) is 8.38. The van der Waals surface area contributed by atoms with Gasteiger partial charge in [-0.25, -0.2) is 0 Å². The zero-order chi connectivity index (χ0) is 10.1. The average molecular weight is 205 g/mol. The van der Waals surface area contributed by atoms with Crippen LogP contribution in [0.4, 0.5) is 0 Å². The van der Waals surface area contributed by atoms with Crippen molar-refractivity contribution < 1.29 is 9.90 Å². The molecule has 0 aliphatic heterocycles. The number of amides is 1. The third-order valence-electron chi connectivity index (χ3n) is 1.78. The highest BCUT2D eigenvalue weighted by Gasteiger charge is 2.01. The third kappa shape index (κ3) is 8.12. The van der Waals surface area contributed by atoms with Crippen LogP contribution in [0.1, 0.15) is 19.8 Å². The summed E-state index contributed by atoms with van der Waals surface area (Å²) in [7, 11) is 0. The van der Waals surface area contributed by atoms with Crippen molar-refractivity contribution in [1.29, 1.82) is 0 Å². The van der Waals surface area contributed by atoms with Crippen LogP contribution in [-0.2, 0) is 4.79 Å². The van der Waals surface area contributed by atoms with Crippen molar-refractivity contribution in [3.8, 4) is 0 Å². The first-order chi connectivity index (χ1) is 6.20. The quantitative estimate of drug-likeness (QED) is 0.606. The molecule has 0 bridgehead atoms. The van der Waals surface area contributed by atoms with E-state index in [0.29, 0.717) is 11.7 Å². The van der Waals surface area contributed by atoms with E-state index in [-0.39, 0.29) is 12.5 Å². The number of carbonyl (C=O) groups is 1. The van der Waals surface area contributed by atoms with Crippen LogP contribution in [0.5, 0.6) is 0 Å². The van der Waals surface area contributed by atoms with Crippen LogP contribution < -0.4 is 5.32 Å². The van der Waals surface area contributed by atoms with Crippen molar-refractivity contribution in [1.82, 2.24) is 5.32 Å². The molecule has 0 saturated carbocycles. The summed E-state index contributed by atoms with van der Waals surface area (Å²) in [5.41, 5.74) is 0. The maximum Gasteiger partial charge on any atom is 0.229 e. The molecular weight excluding hydrogens is 186 g/mol. The van der Waals surface area contributed by atoms with Crippen LogP contribution in [0.15, 0.2) is 0 Å². The summed E-state index contributed by atoms with van der Waals surface area (Å²) in [6.45, 7) is 2.96. The molecule has 4 heteroatoms. The second kappa shape index (κ2) is 8.38. The van der Waals surface area contributed by atoms with Gasteiger partial charge in [-0.2, -0.15) is 11.8 Å². The van der Waals surface area contributed by atoms with Crippen LogP contribution in [0, 0.1) is 5.92 Å². The highest BCUT2D eigenvalue weighted by Crippen LogP contribution is 2.02. The Morgan fingerprint density at radius 1 is 1.62 bits per heavy atom. The van der Waals surface area contributed by atoms with E-state index in [0.717, 1.165) is 19.4 Å². The summed E-state index contributed by atoms with van der Waals surface area (Å²) in [4.78, 5) is 11.0. The maximum absolute atomic E-state index is 11.0. The van der Waals surface area contributed by atoms with Crippen molar-refractivity contribution in [2.24, 2.45) is 5.92 Å². The van der Waals surface area contributed by atoms with E-state index in [9.17, 15) is 4.79 Å². The maximum atomic E-state index is 11.0. The minimum Gasteiger partial charge on any atom is -0.396 e. The molecule has 3 nitrogen and oxygen atoms in total. The highest BCUT2D eigenvalue weighted by molar-refractivity contribution is 7.99. The molecule has 0 aromatic rings. The van der Waals surface area contributed by atoms with E-state index < -0.39 is 0 Å². The predicted octanol–water partition coefficient (Wildman–Crippen LogP) is 0.874. The topological polar surface area (TPSA) is 49.3 Å². The van der Waals surface area contributed by atoms with E-state index in [1.54, 1.807) is 0 Å². The Balaban J connectivity index is 3.20. The van der Waals surface area contributed by atoms with Crippen molar-refractivity contribution in [3.05, 3.63) is 0 Å². The van der Waals surface area contributed by atoms with Gasteiger partial charge >= 0.3 is 0 Å². The number of rotatable bonds is 7. The number of thioether (sulfide) groups is 1. The minimum atomic E-state index is 0.101. The van der Waals surface area contributed by atoms with Gasteiger partial charge in [-0.1, -0.05) is 6.92 Å². The normalized spacial score (nSPS) is 12.5. The molecule has 0 aliphatic carbocycles. The Kier molecular flexibility index (Phi) is 8.24. The molecule has 1 atom stereocenters. The zero-order valence-corrected chi connectivity index (χ0v) is 9.19. The molecule has 0 saturated heterocycles. The van der Waals surface area contributed by atoms with Gasteiger partial charge in [0.15, 0.2) is 0 Å². The first kappa shape index (κ1) is 12.8. The van der Waals surface area contributed by atoms with Gasteiger partial charge in [-0.05, 0) is 25.0 Å². The standard InChI is InChI=1S/C9H19NO2S/c1-8(6-11)4-3-5-10-9(12)7-13-2/h8,11H,3-7H2,1-2H3,(H,10,12). The van der Waals surface area contributed by atoms with Crippen LogP contribution >= 0.6 is 11.8 Å². The fourth-order valence-electron chi connectivity index (χ4n) is 0.952. The van der Waals surface area contributed by atoms with Gasteiger partial charge in [-0.15, -0.1) is 0 Å². The fourth-order valence-corrected chi connectivity index (χ4v) is 1.32. The Bertz CT molecular complexity index is 142. The lowest BCUT2D eigenvalue weighted by atomic mass is 10.1. The second-order valence-corrected chi connectivity index (χ2v) is 4.08. The van der Waals surface area contributed by atoms with Crippen LogP contribution in [0.25, 0.3) is 0 Å². The lowest BCUT2D eigenvalue weighted by molar-refractivity contribution is -0.118. The van der Waals surface area contributed by atoms with E-state index in [1.807, 2.05) is 13.2 Å². The SMILES string of the molecule is CSCC(=O)NCCCC(C)CO. The van der Waals surface area contributed by atoms with E-state index >= 15 is 0 Å². The molecule has 0 radical (unpaired) electrons. The van der Waals surface area contributed by atoms with Crippen molar-refractivity contribution in [3.63, 3.8) is 0 Å². The molecule has 0 heterocycles. The van der Waals surface area contributed by atoms with E-state index in [1.165, 1.54) is 11.8 Å². The van der Waals surface area contributed by atoms with Gasteiger partial charge in [0, 0.05) is 13.2 Å². The van der Waals surface area contributed by atoms with Gasteiger partial charge in [0.2, 0.25) is 5.91 Å². The molecule has 13 heavy (non-hydrogen) atoms. The van der Waals surface area contributed by atoms with Crippen LogP contribution in [-0.4, -0.2) is 36.2 Å². The molecule has 78 valence electrons. The average Bonchev–Trinajstić information content (AvgIpc) is 2.12. The molecular formula is C9H19NO2S. The van der Waals surface area contributed by atoms with E-state index in [2.05, 4.69) is 5.32 Å². The van der Waals surface area contributed by atoms with Gasteiger partial charge in [0.1, 0.15) is 0 Å². The Hall–Kier alpha value is -0.220. The predicted molar refractivity (Wildman–Crippen MR) is 56.9 cm³/mol. The molecule has 1 amide bonds. The Morgan fingerprint density at radius 2 is 2.31 bits per heavy atom. The molecule has 0 spiro atoms. The third-order valence-corrected chi connectivity index (χ3v) is 2.33. The molecule has 0 aromatic carbocycles. The lowest BCUT2D eigenvalue weighted by Gasteiger charge is -2.07. The molecule has 0 aliphatic rings. The number of hydrogen-bond acceptors (Lipinski definition) is 3. The van der Waals surface area contributed by atoms with E-state index in [4.69, 9.17) is 5.11 Å². The summed E-state index contributed by atoms with van der Waals surface area (Å²) >= 11 is 1.53. The first-order valence-corrected chi connectivity index (χ1v) is 5.96. The molecule has 2 N–H and O–H groups in total. The summed E-state index contributed by atoms with van der Waals surface area (Å²) in [6.07, 6.45) is 3.82. The fraction of sp³-hybridized carbons (Fsp3) is 0.889. The summed E-state index contributed by atoms with van der Waals surface area (Å²) in [6, 6.07) is 0.